The van der Waals surface area contributed by atoms with Gasteiger partial charge in [-0.1, -0.05) is 24.3 Å². The van der Waals surface area contributed by atoms with E-state index < -0.39 is 99.0 Å². The summed E-state index contributed by atoms with van der Waals surface area (Å²) in [5, 5.41) is 0.217. The third-order valence-electron chi connectivity index (χ3n) is 7.36. The number of sulfonamides is 2. The number of aryl methyl sites for hydroxylation is 1. The molecule has 0 spiro atoms. The maximum absolute atomic E-state index is 14.8. The first-order valence-corrected chi connectivity index (χ1v) is 20.0. The maximum atomic E-state index is 14.8. The fraction of sp³-hybridized carbons (Fsp3) is 0.0811. The predicted molar refractivity (Wildman–Crippen MR) is 205 cm³/mol. The molecule has 23 heteroatoms. The van der Waals surface area contributed by atoms with Gasteiger partial charge in [-0.15, -0.1) is 0 Å². The van der Waals surface area contributed by atoms with Crippen molar-refractivity contribution < 1.29 is 57.5 Å². The first-order valence-electron chi connectivity index (χ1n) is 16.3. The van der Waals surface area contributed by atoms with Crippen molar-refractivity contribution >= 4 is 66.4 Å². The number of Topliss-reactive ketones (excluding diaryl/α,β-unsaturated/α-hetero) is 1. The molecule has 0 amide bonds. The molecule has 60 heavy (non-hydrogen) atoms. The topological polar surface area (TPSA) is 187 Å². The van der Waals surface area contributed by atoms with Crippen LogP contribution in [0, 0.1) is 41.8 Å². The molecule has 0 radical (unpaired) electrons. The van der Waals surface area contributed by atoms with Gasteiger partial charge in [0.05, 0.1) is 41.7 Å². The van der Waals surface area contributed by atoms with E-state index in [-0.39, 0.29) is 17.4 Å². The number of ketones is 1. The number of ether oxygens (including phenoxy) is 1. The van der Waals surface area contributed by atoms with Gasteiger partial charge in [0.25, 0.3) is 20.0 Å². The van der Waals surface area contributed by atoms with E-state index in [9.17, 15) is 52.8 Å². The van der Waals surface area contributed by atoms with Crippen molar-refractivity contribution in [1.82, 2.24) is 19.9 Å². The van der Waals surface area contributed by atoms with Gasteiger partial charge in [0.15, 0.2) is 27.2 Å². The van der Waals surface area contributed by atoms with Gasteiger partial charge in [-0.05, 0) is 90.8 Å². The highest BCUT2D eigenvalue weighted by atomic mass is 35.5. The van der Waals surface area contributed by atoms with E-state index in [0.717, 1.165) is 73.5 Å². The standard InChI is InChI=1S/C18H11ClF3N3O3S.C14H10F3NO4S.C5H5ClN2/c19-18-23-8-7-10(24-18)9-15(26)11-3-1-6-14(16(11)22)25-29(27,28)17-12(20)4-2-5-13(17)21;1-22-14(19)8-4-2-7-11(12(8)17)18-23(20,21)13-9(15)5-3-6-10(13)16;1-4-2-3-7-5(6)8-4/h1-8,25H,9H2;2-7,18H,1H3;2-3H,1H3. The van der Waals surface area contributed by atoms with Crippen LogP contribution < -0.4 is 9.44 Å². The van der Waals surface area contributed by atoms with Crippen molar-refractivity contribution in [2.75, 3.05) is 16.6 Å². The van der Waals surface area contributed by atoms with Crippen LogP contribution in [0.4, 0.5) is 37.7 Å². The molecule has 6 aromatic rings. The highest BCUT2D eigenvalue weighted by Crippen LogP contribution is 2.27. The summed E-state index contributed by atoms with van der Waals surface area (Å²) in [6, 6.07) is 14.8. The van der Waals surface area contributed by atoms with Crippen LogP contribution in [0.1, 0.15) is 32.1 Å². The molecule has 0 bridgehead atoms. The predicted octanol–water partition coefficient (Wildman–Crippen LogP) is 7.90. The molecule has 2 aromatic heterocycles. The molecule has 0 aliphatic rings. The Morgan fingerprint density at radius 2 is 1.03 bits per heavy atom. The Labute approximate surface area is 347 Å². The highest BCUT2D eigenvalue weighted by molar-refractivity contribution is 7.93. The van der Waals surface area contributed by atoms with Gasteiger partial charge in [0.1, 0.15) is 23.3 Å². The third kappa shape index (κ3) is 12.0. The SMILES string of the molecule is COC(=O)c1cccc(NS(=O)(=O)c2c(F)cccc2F)c1F.Cc1ccnc(Cl)n1.O=C(Cc1ccnc(Cl)n1)c1cccc(NS(=O)(=O)c2c(F)cccc2F)c1F. The number of esters is 1. The molecule has 0 fully saturated rings. The van der Waals surface area contributed by atoms with E-state index in [4.69, 9.17) is 23.2 Å². The summed E-state index contributed by atoms with van der Waals surface area (Å²) in [5.74, 6) is -9.51. The largest absolute Gasteiger partial charge is 0.465 e. The van der Waals surface area contributed by atoms with Crippen LogP contribution in [0.15, 0.2) is 107 Å². The van der Waals surface area contributed by atoms with Gasteiger partial charge in [0, 0.05) is 18.1 Å². The minimum Gasteiger partial charge on any atom is -0.465 e. The van der Waals surface area contributed by atoms with Crippen LogP contribution in [-0.4, -0.2) is 55.6 Å². The molecule has 0 atom stereocenters. The molecule has 0 aliphatic carbocycles. The second-order valence-corrected chi connectivity index (χ2v) is 15.4. The number of halogens is 8. The molecule has 314 valence electrons. The molecule has 0 unspecified atom stereocenters. The van der Waals surface area contributed by atoms with Gasteiger partial charge in [-0.25, -0.2) is 67.9 Å². The Bertz CT molecular complexity index is 2740. The first kappa shape index (κ1) is 46.5. The van der Waals surface area contributed by atoms with E-state index in [0.29, 0.717) is 5.28 Å². The van der Waals surface area contributed by atoms with Gasteiger partial charge in [-0.2, -0.15) is 0 Å². The Hall–Kier alpha value is -6.16. The van der Waals surface area contributed by atoms with Crippen LogP contribution in [0.5, 0.6) is 0 Å². The number of benzene rings is 4. The van der Waals surface area contributed by atoms with Crippen molar-refractivity contribution in [3.8, 4) is 0 Å². The molecule has 2 N–H and O–H groups in total. The van der Waals surface area contributed by atoms with E-state index in [1.165, 1.54) is 24.4 Å². The fourth-order valence-corrected chi connectivity index (χ4v) is 7.47. The molecule has 6 rings (SSSR count). The molecule has 0 aliphatic heterocycles. The summed E-state index contributed by atoms with van der Waals surface area (Å²) in [6.07, 6.45) is 2.63. The lowest BCUT2D eigenvalue weighted by Gasteiger charge is -2.12. The van der Waals surface area contributed by atoms with Gasteiger partial charge in [-0.3, -0.25) is 14.2 Å². The molecule has 4 aromatic carbocycles. The van der Waals surface area contributed by atoms with Crippen molar-refractivity contribution in [3.63, 3.8) is 0 Å². The van der Waals surface area contributed by atoms with E-state index in [1.807, 2.05) is 6.92 Å². The molecule has 0 saturated carbocycles. The normalized spacial score (nSPS) is 11.0. The molecule has 13 nitrogen and oxygen atoms in total. The van der Waals surface area contributed by atoms with E-state index in [1.54, 1.807) is 21.7 Å². The average Bonchev–Trinajstić information content (AvgIpc) is 3.16. The number of hydrogen-bond donors (Lipinski definition) is 2. The smallest absolute Gasteiger partial charge is 0.340 e. The summed E-state index contributed by atoms with van der Waals surface area (Å²) >= 11 is 11.1. The number of carbonyl (C=O) groups is 2. The molecule has 0 saturated heterocycles. The molecular weight excluding hydrogens is 889 g/mol. The maximum Gasteiger partial charge on any atom is 0.340 e. The monoisotopic (exact) mass is 914 g/mol. The first-order chi connectivity index (χ1) is 28.2. The van der Waals surface area contributed by atoms with Crippen LogP contribution in [-0.2, 0) is 31.2 Å². The summed E-state index contributed by atoms with van der Waals surface area (Å²) in [6.45, 7) is 1.87. The lowest BCUT2D eigenvalue weighted by atomic mass is 10.1. The Balaban J connectivity index is 0.000000227. The Kier molecular flexibility index (Phi) is 15.7. The zero-order valence-electron chi connectivity index (χ0n) is 30.4. The Morgan fingerprint density at radius 1 is 0.617 bits per heavy atom. The average molecular weight is 916 g/mol. The lowest BCUT2D eigenvalue weighted by molar-refractivity contribution is 0.0595. The van der Waals surface area contributed by atoms with Crippen molar-refractivity contribution in [3.05, 3.63) is 165 Å². The van der Waals surface area contributed by atoms with Crippen molar-refractivity contribution in [1.29, 1.82) is 0 Å². The van der Waals surface area contributed by atoms with Gasteiger partial charge < -0.3 is 4.74 Å². The summed E-state index contributed by atoms with van der Waals surface area (Å²) in [7, 11) is -8.51. The Morgan fingerprint density at radius 3 is 1.45 bits per heavy atom. The summed E-state index contributed by atoms with van der Waals surface area (Å²) in [4.78, 5) is 36.3. The van der Waals surface area contributed by atoms with Crippen molar-refractivity contribution in [2.45, 2.75) is 23.1 Å². The summed E-state index contributed by atoms with van der Waals surface area (Å²) < 4.78 is 140. The molecular formula is C37H26Cl2F6N6O7S2. The third-order valence-corrected chi connectivity index (χ3v) is 10.6. The van der Waals surface area contributed by atoms with Crippen LogP contribution in [0.25, 0.3) is 0 Å². The lowest BCUT2D eigenvalue weighted by Crippen LogP contribution is -2.18. The zero-order chi connectivity index (χ0) is 44.4. The number of nitrogens with one attached hydrogen (secondary N) is 2. The number of carbonyl (C=O) groups excluding carboxylic acids is 2. The number of hydrogen-bond acceptors (Lipinski definition) is 11. The second-order valence-electron chi connectivity index (χ2n) is 11.5. The number of methoxy groups -OCH3 is 1. The highest BCUT2D eigenvalue weighted by Gasteiger charge is 2.28. The number of rotatable bonds is 10. The molecule has 2 heterocycles. The van der Waals surface area contributed by atoms with Crippen LogP contribution in [0.3, 0.4) is 0 Å². The van der Waals surface area contributed by atoms with Crippen molar-refractivity contribution in [2.24, 2.45) is 0 Å². The minimum atomic E-state index is -4.79. The van der Waals surface area contributed by atoms with Crippen LogP contribution >= 0.6 is 23.2 Å². The number of nitrogens with zero attached hydrogens (tertiary/aromatic N) is 4. The zero-order valence-corrected chi connectivity index (χ0v) is 33.6. The second kappa shape index (κ2) is 20.2. The fourth-order valence-electron chi connectivity index (χ4n) is 4.72. The van der Waals surface area contributed by atoms with E-state index >= 15 is 0 Å². The minimum absolute atomic E-state index is 0.0933. The number of aromatic nitrogens is 4. The van der Waals surface area contributed by atoms with E-state index in [2.05, 4.69) is 24.7 Å². The quantitative estimate of drug-likeness (QED) is 0.0589. The van der Waals surface area contributed by atoms with Gasteiger partial charge in [0.2, 0.25) is 10.6 Å². The number of anilines is 2. The summed E-state index contributed by atoms with van der Waals surface area (Å²) in [5.41, 5.74) is -1.12. The van der Waals surface area contributed by atoms with Crippen LogP contribution in [0.2, 0.25) is 10.6 Å². The van der Waals surface area contributed by atoms with Gasteiger partial charge >= 0.3 is 5.97 Å².